The third-order valence-corrected chi connectivity index (χ3v) is 9.78. The second-order valence-corrected chi connectivity index (χ2v) is 14.4. The van der Waals surface area contributed by atoms with E-state index in [2.05, 4.69) is 33.9 Å². The van der Waals surface area contributed by atoms with Crippen LogP contribution in [0.2, 0.25) is 18.1 Å². The Bertz CT molecular complexity index is 432. The van der Waals surface area contributed by atoms with Gasteiger partial charge < -0.3 is 13.9 Å². The van der Waals surface area contributed by atoms with Gasteiger partial charge in [-0.05, 0) is 64.6 Å². The first-order valence-corrected chi connectivity index (χ1v) is 12.3. The number of ether oxygens (including phenoxy) is 2. The number of hydrogen-bond donors (Lipinski definition) is 0. The molecule has 0 aliphatic heterocycles. The Morgan fingerprint density at radius 3 is 1.96 bits per heavy atom. The van der Waals surface area contributed by atoms with E-state index in [-0.39, 0.29) is 23.9 Å². The van der Waals surface area contributed by atoms with E-state index in [0.717, 1.165) is 25.7 Å². The quantitative estimate of drug-likeness (QED) is 0.493. The first-order chi connectivity index (χ1) is 11.3. The summed E-state index contributed by atoms with van der Waals surface area (Å²) in [6.07, 6.45) is 3.85. The Balaban J connectivity index is 2.64. The predicted octanol–water partition coefficient (Wildman–Crippen LogP) is 5.16. The van der Waals surface area contributed by atoms with Crippen LogP contribution in [0, 0.1) is 0 Å². The molecule has 0 aromatic heterocycles. The fourth-order valence-corrected chi connectivity index (χ4v) is 4.26. The standard InChI is InChI=1S/C19H39NO4Si/c1-18(2,3)23-17(21)20(14-22-7)15-10-12-16(13-11-15)24-25(8,9)19(4,5)6/h15-16H,10-14H2,1-9H3. The molecule has 1 saturated carbocycles. The Labute approximate surface area is 155 Å². The highest BCUT2D eigenvalue weighted by atomic mass is 28.4. The zero-order valence-corrected chi connectivity index (χ0v) is 18.8. The van der Waals surface area contributed by atoms with Gasteiger partial charge in [-0.25, -0.2) is 4.79 Å². The first-order valence-electron chi connectivity index (χ1n) is 9.43. The van der Waals surface area contributed by atoms with Crippen LogP contribution in [0.5, 0.6) is 0 Å². The molecule has 0 spiro atoms. The third-order valence-electron chi connectivity index (χ3n) is 5.25. The van der Waals surface area contributed by atoms with Gasteiger partial charge in [0, 0.05) is 19.3 Å². The minimum atomic E-state index is -1.74. The van der Waals surface area contributed by atoms with Gasteiger partial charge in [0.25, 0.3) is 0 Å². The van der Waals surface area contributed by atoms with E-state index in [0.29, 0.717) is 6.10 Å². The summed E-state index contributed by atoms with van der Waals surface area (Å²) < 4.78 is 17.3. The van der Waals surface area contributed by atoms with Crippen molar-refractivity contribution in [3.05, 3.63) is 0 Å². The second-order valence-electron chi connectivity index (χ2n) is 9.68. The van der Waals surface area contributed by atoms with Crippen molar-refractivity contribution in [2.24, 2.45) is 0 Å². The average Bonchev–Trinajstić information content (AvgIpc) is 2.42. The van der Waals surface area contributed by atoms with Gasteiger partial charge in [-0.1, -0.05) is 20.8 Å². The molecular weight excluding hydrogens is 334 g/mol. The van der Waals surface area contributed by atoms with Gasteiger partial charge in [0.15, 0.2) is 8.32 Å². The van der Waals surface area contributed by atoms with Crippen molar-refractivity contribution in [1.29, 1.82) is 0 Å². The second kappa shape index (κ2) is 8.40. The molecule has 148 valence electrons. The maximum atomic E-state index is 12.5. The van der Waals surface area contributed by atoms with Crippen molar-refractivity contribution < 1.29 is 18.7 Å². The van der Waals surface area contributed by atoms with Crippen molar-refractivity contribution in [3.8, 4) is 0 Å². The number of methoxy groups -OCH3 is 1. The number of nitrogens with zero attached hydrogens (tertiary/aromatic N) is 1. The lowest BCUT2D eigenvalue weighted by atomic mass is 9.92. The highest BCUT2D eigenvalue weighted by Gasteiger charge is 2.40. The Morgan fingerprint density at radius 1 is 1.04 bits per heavy atom. The molecule has 0 bridgehead atoms. The third kappa shape index (κ3) is 6.91. The van der Waals surface area contributed by atoms with E-state index < -0.39 is 13.9 Å². The molecule has 0 heterocycles. The smallest absolute Gasteiger partial charge is 0.412 e. The summed E-state index contributed by atoms with van der Waals surface area (Å²) in [6.45, 7) is 17.4. The predicted molar refractivity (Wildman–Crippen MR) is 104 cm³/mol. The van der Waals surface area contributed by atoms with E-state index in [1.54, 1.807) is 12.0 Å². The van der Waals surface area contributed by atoms with Crippen LogP contribution in [0.4, 0.5) is 4.79 Å². The van der Waals surface area contributed by atoms with Crippen molar-refractivity contribution in [3.63, 3.8) is 0 Å². The van der Waals surface area contributed by atoms with E-state index in [9.17, 15) is 4.79 Å². The highest BCUT2D eigenvalue weighted by molar-refractivity contribution is 6.74. The maximum absolute atomic E-state index is 12.5. The molecule has 0 radical (unpaired) electrons. The van der Waals surface area contributed by atoms with Gasteiger partial charge in [0.1, 0.15) is 12.3 Å². The number of hydrogen-bond acceptors (Lipinski definition) is 4. The molecule has 0 unspecified atom stereocenters. The molecule has 0 saturated heterocycles. The van der Waals surface area contributed by atoms with Crippen LogP contribution in [0.25, 0.3) is 0 Å². The number of carbonyl (C=O) groups is 1. The molecule has 6 heteroatoms. The van der Waals surface area contributed by atoms with Crippen LogP contribution in [-0.2, 0) is 13.9 Å². The first kappa shape index (κ1) is 22.4. The minimum absolute atomic E-state index is 0.161. The lowest BCUT2D eigenvalue weighted by molar-refractivity contribution is -0.0279. The average molecular weight is 374 g/mol. The molecule has 0 aromatic carbocycles. The summed E-state index contributed by atoms with van der Waals surface area (Å²) >= 11 is 0. The summed E-state index contributed by atoms with van der Waals surface area (Å²) in [5, 5.41) is 0.225. The number of rotatable bonds is 5. The number of carbonyl (C=O) groups excluding carboxylic acids is 1. The number of amides is 1. The Hall–Kier alpha value is -0.593. The van der Waals surface area contributed by atoms with Crippen molar-refractivity contribution in [2.75, 3.05) is 13.8 Å². The summed E-state index contributed by atoms with van der Waals surface area (Å²) in [5.41, 5.74) is -0.494. The van der Waals surface area contributed by atoms with Gasteiger partial charge in [-0.3, -0.25) is 4.90 Å². The molecule has 1 aliphatic rings. The minimum Gasteiger partial charge on any atom is -0.444 e. The molecule has 1 rings (SSSR count). The largest absolute Gasteiger partial charge is 0.444 e. The van der Waals surface area contributed by atoms with Crippen LogP contribution in [0.3, 0.4) is 0 Å². The van der Waals surface area contributed by atoms with Crippen molar-refractivity contribution in [2.45, 2.75) is 103 Å². The zero-order valence-electron chi connectivity index (χ0n) is 17.8. The van der Waals surface area contributed by atoms with Crippen molar-refractivity contribution in [1.82, 2.24) is 4.90 Å². The topological polar surface area (TPSA) is 48.0 Å². The molecule has 1 amide bonds. The van der Waals surface area contributed by atoms with Crippen LogP contribution >= 0.6 is 0 Å². The van der Waals surface area contributed by atoms with Crippen molar-refractivity contribution >= 4 is 14.4 Å². The SMILES string of the molecule is COCN(C(=O)OC(C)(C)C)C1CCC(O[Si](C)(C)C(C)(C)C)CC1. The summed E-state index contributed by atoms with van der Waals surface area (Å²) in [7, 11) is -0.126. The molecule has 1 aliphatic carbocycles. The monoisotopic (exact) mass is 373 g/mol. The van der Waals surface area contributed by atoms with Gasteiger partial charge in [0.05, 0.1) is 0 Å². The fraction of sp³-hybridized carbons (Fsp3) is 0.947. The molecule has 1 fully saturated rings. The summed E-state index contributed by atoms with van der Waals surface area (Å²) in [4.78, 5) is 14.2. The van der Waals surface area contributed by atoms with Gasteiger partial charge >= 0.3 is 6.09 Å². The van der Waals surface area contributed by atoms with E-state index in [1.807, 2.05) is 20.8 Å². The van der Waals surface area contributed by atoms with E-state index in [4.69, 9.17) is 13.9 Å². The van der Waals surface area contributed by atoms with Gasteiger partial charge in [-0.15, -0.1) is 0 Å². The zero-order chi connectivity index (χ0) is 19.5. The Kier molecular flexibility index (Phi) is 7.54. The summed E-state index contributed by atoms with van der Waals surface area (Å²) in [5.74, 6) is 0. The normalized spacial score (nSPS) is 22.6. The Morgan fingerprint density at radius 2 is 1.56 bits per heavy atom. The molecule has 5 nitrogen and oxygen atoms in total. The van der Waals surface area contributed by atoms with E-state index in [1.165, 1.54) is 0 Å². The molecule has 0 aromatic rings. The lowest BCUT2D eigenvalue weighted by Crippen LogP contribution is -2.49. The molecule has 0 N–H and O–H groups in total. The van der Waals surface area contributed by atoms with E-state index >= 15 is 0 Å². The van der Waals surface area contributed by atoms with Crippen LogP contribution in [0.15, 0.2) is 0 Å². The molecule has 25 heavy (non-hydrogen) atoms. The summed E-state index contributed by atoms with van der Waals surface area (Å²) in [6, 6.07) is 0.161. The maximum Gasteiger partial charge on any atom is 0.412 e. The van der Waals surface area contributed by atoms with Crippen LogP contribution in [-0.4, -0.2) is 50.9 Å². The molecular formula is C19H39NO4Si. The van der Waals surface area contributed by atoms with Crippen LogP contribution in [0.1, 0.15) is 67.2 Å². The lowest BCUT2D eigenvalue weighted by Gasteiger charge is -2.42. The fourth-order valence-electron chi connectivity index (χ4n) is 2.84. The van der Waals surface area contributed by atoms with Gasteiger partial charge in [0.2, 0.25) is 0 Å². The van der Waals surface area contributed by atoms with Gasteiger partial charge in [-0.2, -0.15) is 0 Å². The highest BCUT2D eigenvalue weighted by Crippen LogP contribution is 2.39. The van der Waals surface area contributed by atoms with Crippen LogP contribution < -0.4 is 0 Å². The molecule has 0 atom stereocenters.